The lowest BCUT2D eigenvalue weighted by atomic mass is 10.1. The molecule has 10 heteroatoms. The molecule has 0 aliphatic rings. The topological polar surface area (TPSA) is 121 Å². The normalized spacial score (nSPS) is 12.6. The fraction of sp³-hybridized carbons (Fsp3) is 0.0455. The zero-order chi connectivity index (χ0) is 22.5. The number of furan rings is 1. The van der Waals surface area contributed by atoms with E-state index in [1.807, 2.05) is 31.2 Å². The first-order chi connectivity index (χ1) is 15.3. The van der Waals surface area contributed by atoms with Gasteiger partial charge in [0, 0.05) is 17.2 Å². The molecule has 2 N–H and O–H groups in total. The van der Waals surface area contributed by atoms with E-state index >= 15 is 0 Å². The summed E-state index contributed by atoms with van der Waals surface area (Å²) in [7, 11) is -3.76. The molecule has 5 aromatic rings. The second-order valence-electron chi connectivity index (χ2n) is 7.18. The van der Waals surface area contributed by atoms with E-state index in [0.29, 0.717) is 32.4 Å². The highest BCUT2D eigenvalue weighted by molar-refractivity contribution is 7.89. The van der Waals surface area contributed by atoms with Crippen LogP contribution in [0.1, 0.15) is 11.3 Å². The molecule has 0 amide bonds. The average molecular weight is 465 g/mol. The van der Waals surface area contributed by atoms with Crippen molar-refractivity contribution in [3.63, 3.8) is 0 Å². The molecule has 3 heterocycles. The second-order valence-corrected chi connectivity index (χ2v) is 9.75. The largest absolute Gasteiger partial charge is 0.457 e. The number of benzene rings is 2. The summed E-state index contributed by atoms with van der Waals surface area (Å²) in [6, 6.07) is 17.3. The van der Waals surface area contributed by atoms with Crippen LogP contribution in [-0.2, 0) is 10.0 Å². The van der Waals surface area contributed by atoms with Crippen molar-refractivity contribution in [2.45, 2.75) is 11.8 Å². The number of sulfonamides is 1. The van der Waals surface area contributed by atoms with E-state index in [0.717, 1.165) is 11.1 Å². The lowest BCUT2D eigenvalue weighted by Gasteiger charge is -2.00. The second kappa shape index (κ2) is 7.52. The predicted octanol–water partition coefficient (Wildman–Crippen LogP) is 2.58. The van der Waals surface area contributed by atoms with E-state index in [9.17, 15) is 13.2 Å². The number of thiazole rings is 1. The molecule has 5 rings (SSSR count). The monoisotopic (exact) mass is 464 g/mol. The molecule has 0 aliphatic carbocycles. The van der Waals surface area contributed by atoms with E-state index in [-0.39, 0.29) is 10.5 Å². The summed E-state index contributed by atoms with van der Waals surface area (Å²) in [5, 5.41) is 9.47. The van der Waals surface area contributed by atoms with E-state index in [4.69, 9.17) is 9.56 Å². The zero-order valence-corrected chi connectivity index (χ0v) is 18.4. The van der Waals surface area contributed by atoms with Gasteiger partial charge in [0.2, 0.25) is 15.0 Å². The molecular formula is C22H16N4O4S2. The van der Waals surface area contributed by atoms with Crippen molar-refractivity contribution in [3.8, 4) is 22.7 Å². The van der Waals surface area contributed by atoms with Gasteiger partial charge in [0.25, 0.3) is 5.56 Å². The number of primary sulfonamides is 1. The van der Waals surface area contributed by atoms with Gasteiger partial charge in [-0.2, -0.15) is 9.50 Å². The van der Waals surface area contributed by atoms with Crippen LogP contribution in [0.3, 0.4) is 0 Å². The molecule has 8 nitrogen and oxygen atoms in total. The Morgan fingerprint density at radius 1 is 1.00 bits per heavy atom. The number of hydrogen-bond donors (Lipinski definition) is 1. The Bertz CT molecular complexity index is 1660. The van der Waals surface area contributed by atoms with E-state index in [2.05, 4.69) is 10.1 Å². The molecule has 0 bridgehead atoms. The third-order valence-electron chi connectivity index (χ3n) is 4.86. The van der Waals surface area contributed by atoms with Crippen LogP contribution in [-0.4, -0.2) is 23.0 Å². The van der Waals surface area contributed by atoms with Gasteiger partial charge in [0.15, 0.2) is 5.82 Å². The maximum absolute atomic E-state index is 12.8. The third-order valence-corrected chi connectivity index (χ3v) is 6.75. The highest BCUT2D eigenvalue weighted by Crippen LogP contribution is 2.24. The Labute approximate surface area is 186 Å². The van der Waals surface area contributed by atoms with E-state index < -0.39 is 10.0 Å². The fourth-order valence-corrected chi connectivity index (χ4v) is 4.59. The van der Waals surface area contributed by atoms with Crippen LogP contribution in [0.15, 0.2) is 74.8 Å². The lowest BCUT2D eigenvalue weighted by Crippen LogP contribution is -2.23. The minimum atomic E-state index is -3.76. The van der Waals surface area contributed by atoms with Crippen molar-refractivity contribution in [3.05, 3.63) is 86.9 Å². The number of nitrogens with zero attached hydrogens (tertiary/aromatic N) is 3. The van der Waals surface area contributed by atoms with Gasteiger partial charge in [-0.3, -0.25) is 4.79 Å². The summed E-state index contributed by atoms with van der Waals surface area (Å²) in [5.41, 5.74) is 2.39. The molecule has 3 aromatic heterocycles. The van der Waals surface area contributed by atoms with Crippen LogP contribution in [0.25, 0.3) is 33.7 Å². The van der Waals surface area contributed by atoms with Crippen LogP contribution in [0.5, 0.6) is 0 Å². The van der Waals surface area contributed by atoms with Crippen molar-refractivity contribution < 1.29 is 12.8 Å². The van der Waals surface area contributed by atoms with Gasteiger partial charge in [-0.1, -0.05) is 41.2 Å². The van der Waals surface area contributed by atoms with Crippen LogP contribution in [0.4, 0.5) is 0 Å². The average Bonchev–Trinajstić information content (AvgIpc) is 3.46. The number of rotatable bonds is 4. The Kier molecular flexibility index (Phi) is 4.77. The molecular weight excluding hydrogens is 448 g/mol. The standard InChI is InChI=1S/C22H16N4O4S2/c1-13-2-4-15(5-3-13)20-24-22-26(25-20)21(27)19(31-22)12-16-8-11-18(30-16)14-6-9-17(10-7-14)32(23,28)29/h2-12H,1H3,(H2,23,28,29). The van der Waals surface area contributed by atoms with E-state index in [1.54, 1.807) is 30.3 Å². The Balaban J connectivity index is 1.46. The Morgan fingerprint density at radius 2 is 1.69 bits per heavy atom. The molecule has 0 aliphatic heterocycles. The smallest absolute Gasteiger partial charge is 0.291 e. The van der Waals surface area contributed by atoms with Gasteiger partial charge in [-0.05, 0) is 43.3 Å². The van der Waals surface area contributed by atoms with Crippen molar-refractivity contribution in [1.82, 2.24) is 14.6 Å². The quantitative estimate of drug-likeness (QED) is 0.436. The SMILES string of the molecule is Cc1ccc(-c2nc3sc(=Cc4ccc(-c5ccc(S(N)(=O)=O)cc5)o4)c(=O)n3n2)cc1. The molecule has 0 radical (unpaired) electrons. The Hall–Kier alpha value is -3.60. The molecule has 160 valence electrons. The maximum Gasteiger partial charge on any atom is 0.291 e. The van der Waals surface area contributed by atoms with Crippen LogP contribution in [0.2, 0.25) is 0 Å². The lowest BCUT2D eigenvalue weighted by molar-refractivity contribution is 0.571. The van der Waals surface area contributed by atoms with Crippen LogP contribution >= 0.6 is 11.3 Å². The van der Waals surface area contributed by atoms with Gasteiger partial charge in [0.05, 0.1) is 4.90 Å². The number of aryl methyl sites for hydroxylation is 1. The predicted molar refractivity (Wildman–Crippen MR) is 122 cm³/mol. The molecule has 0 atom stereocenters. The number of fused-ring (bicyclic) bond motifs is 1. The molecule has 0 saturated carbocycles. The summed E-state index contributed by atoms with van der Waals surface area (Å²) in [4.78, 5) is 17.8. The minimum Gasteiger partial charge on any atom is -0.457 e. The van der Waals surface area contributed by atoms with Gasteiger partial charge in [-0.15, -0.1) is 5.10 Å². The Morgan fingerprint density at radius 3 is 2.34 bits per heavy atom. The van der Waals surface area contributed by atoms with E-state index in [1.165, 1.54) is 28.0 Å². The van der Waals surface area contributed by atoms with Gasteiger partial charge in [0.1, 0.15) is 16.1 Å². The van der Waals surface area contributed by atoms with Crippen molar-refractivity contribution in [2.75, 3.05) is 0 Å². The molecule has 0 fully saturated rings. The third kappa shape index (κ3) is 3.75. The minimum absolute atomic E-state index is 0.0232. The zero-order valence-electron chi connectivity index (χ0n) is 16.7. The van der Waals surface area contributed by atoms with Crippen molar-refractivity contribution >= 4 is 32.4 Å². The highest BCUT2D eigenvalue weighted by atomic mass is 32.2. The number of hydrogen-bond acceptors (Lipinski definition) is 7. The van der Waals surface area contributed by atoms with Gasteiger partial charge in [-0.25, -0.2) is 13.6 Å². The summed E-state index contributed by atoms with van der Waals surface area (Å²) >= 11 is 1.23. The van der Waals surface area contributed by atoms with Gasteiger partial charge >= 0.3 is 0 Å². The van der Waals surface area contributed by atoms with Crippen molar-refractivity contribution in [1.29, 1.82) is 0 Å². The molecule has 32 heavy (non-hydrogen) atoms. The number of aromatic nitrogens is 3. The molecule has 0 saturated heterocycles. The number of nitrogens with two attached hydrogens (primary N) is 1. The first kappa shape index (κ1) is 20.3. The first-order valence-corrected chi connectivity index (χ1v) is 11.9. The summed E-state index contributed by atoms with van der Waals surface area (Å²) in [6.07, 6.45) is 1.64. The fourth-order valence-electron chi connectivity index (χ4n) is 3.18. The maximum atomic E-state index is 12.8. The molecule has 0 spiro atoms. The van der Waals surface area contributed by atoms with Crippen molar-refractivity contribution in [2.24, 2.45) is 5.14 Å². The van der Waals surface area contributed by atoms with Crippen LogP contribution < -0.4 is 15.2 Å². The van der Waals surface area contributed by atoms with Gasteiger partial charge < -0.3 is 4.42 Å². The highest BCUT2D eigenvalue weighted by Gasteiger charge is 2.13. The summed E-state index contributed by atoms with van der Waals surface area (Å²) in [6.45, 7) is 2.00. The first-order valence-electron chi connectivity index (χ1n) is 9.49. The molecule has 2 aromatic carbocycles. The van der Waals surface area contributed by atoms with Crippen LogP contribution in [0, 0.1) is 6.92 Å². The summed E-state index contributed by atoms with van der Waals surface area (Å²) < 4.78 is 30.3. The summed E-state index contributed by atoms with van der Waals surface area (Å²) in [5.74, 6) is 1.52. The molecule has 0 unspecified atom stereocenters.